The van der Waals surface area contributed by atoms with Crippen molar-refractivity contribution in [1.82, 2.24) is 15.6 Å². The Balaban J connectivity index is 1.32. The molecule has 2 aromatic rings. The van der Waals surface area contributed by atoms with Crippen molar-refractivity contribution in [3.8, 4) is 5.75 Å². The maximum Gasteiger partial charge on any atom is 0.279 e. The van der Waals surface area contributed by atoms with Crippen LogP contribution in [0.4, 0.5) is 4.39 Å². The third-order valence-electron chi connectivity index (χ3n) is 4.83. The van der Waals surface area contributed by atoms with Gasteiger partial charge in [-0.1, -0.05) is 30.7 Å². The highest BCUT2D eigenvalue weighted by Crippen LogP contribution is 2.22. The van der Waals surface area contributed by atoms with Gasteiger partial charge >= 0.3 is 0 Å². The van der Waals surface area contributed by atoms with Gasteiger partial charge in [0, 0.05) is 18.5 Å². The van der Waals surface area contributed by atoms with Crippen LogP contribution in [-0.4, -0.2) is 38.7 Å². The fourth-order valence-corrected chi connectivity index (χ4v) is 4.35. The van der Waals surface area contributed by atoms with Gasteiger partial charge in [0.25, 0.3) is 15.9 Å². The van der Waals surface area contributed by atoms with E-state index in [0.717, 1.165) is 0 Å². The summed E-state index contributed by atoms with van der Waals surface area (Å²) in [5.41, 5.74) is 5.11. The summed E-state index contributed by atoms with van der Waals surface area (Å²) in [5.74, 6) is -1.28. The molecule has 176 valence electrons. The standard InChI is InChI=1S/C22H25FN4O5S/c1-15(32-18-11-6-5-10-17(18)23)22(29)26-25-20(28)13-3-2-8-14-24-21-16-9-4-7-12-19(16)33(30,31)27-21/h4-7,9-12,15H,2-3,8,13-14H2,1H3,(H,24,27)(H,25,28)(H,26,29). The number of nitrogens with zero attached hydrogens (tertiary/aromatic N) is 1. The van der Waals surface area contributed by atoms with Crippen LogP contribution in [0.2, 0.25) is 0 Å². The summed E-state index contributed by atoms with van der Waals surface area (Å²) in [6.45, 7) is 1.85. The Morgan fingerprint density at radius 2 is 1.79 bits per heavy atom. The number of rotatable bonds is 9. The SMILES string of the molecule is CC(Oc1ccccc1F)C(=O)NNC(=O)CCCCCN=C1NS(=O)(=O)c2ccccc21. The lowest BCUT2D eigenvalue weighted by Crippen LogP contribution is -2.47. The summed E-state index contributed by atoms with van der Waals surface area (Å²) < 4.78 is 45.4. The number of amides is 2. The van der Waals surface area contributed by atoms with Gasteiger partial charge < -0.3 is 4.74 Å². The minimum Gasteiger partial charge on any atom is -0.478 e. The van der Waals surface area contributed by atoms with Gasteiger partial charge in [-0.2, -0.15) is 0 Å². The van der Waals surface area contributed by atoms with Crippen LogP contribution in [-0.2, 0) is 19.6 Å². The Bertz CT molecular complexity index is 1150. The van der Waals surface area contributed by atoms with E-state index in [9.17, 15) is 22.4 Å². The Hall–Kier alpha value is -3.47. The Morgan fingerprint density at radius 1 is 1.06 bits per heavy atom. The third kappa shape index (κ3) is 6.51. The molecule has 0 saturated heterocycles. The highest BCUT2D eigenvalue weighted by Gasteiger charge is 2.29. The van der Waals surface area contributed by atoms with Gasteiger partial charge in [-0.3, -0.25) is 30.2 Å². The number of amidine groups is 1. The highest BCUT2D eigenvalue weighted by atomic mass is 32.2. The van der Waals surface area contributed by atoms with E-state index in [2.05, 4.69) is 20.6 Å². The lowest BCUT2D eigenvalue weighted by molar-refractivity contribution is -0.132. The van der Waals surface area contributed by atoms with Crippen LogP contribution in [0, 0.1) is 5.82 Å². The molecule has 0 fully saturated rings. The topological polar surface area (TPSA) is 126 Å². The maximum absolute atomic E-state index is 13.6. The van der Waals surface area contributed by atoms with E-state index in [1.807, 2.05) is 0 Å². The van der Waals surface area contributed by atoms with Crippen LogP contribution in [0.15, 0.2) is 58.4 Å². The van der Waals surface area contributed by atoms with Crippen molar-refractivity contribution in [2.24, 2.45) is 4.99 Å². The molecule has 2 amide bonds. The number of halogens is 1. The molecule has 2 aromatic carbocycles. The molecule has 1 heterocycles. The van der Waals surface area contributed by atoms with E-state index in [-0.39, 0.29) is 23.0 Å². The van der Waals surface area contributed by atoms with Crippen LogP contribution in [0.3, 0.4) is 0 Å². The summed E-state index contributed by atoms with van der Waals surface area (Å²) in [7, 11) is -3.55. The highest BCUT2D eigenvalue weighted by molar-refractivity contribution is 7.90. The van der Waals surface area contributed by atoms with Crippen molar-refractivity contribution in [3.63, 3.8) is 0 Å². The fourth-order valence-electron chi connectivity index (χ4n) is 3.10. The van der Waals surface area contributed by atoms with Crippen molar-refractivity contribution in [1.29, 1.82) is 0 Å². The predicted octanol–water partition coefficient (Wildman–Crippen LogP) is 2.04. The second-order valence-electron chi connectivity index (χ2n) is 7.37. The number of para-hydroxylation sites is 1. The van der Waals surface area contributed by atoms with Crippen LogP contribution < -0.4 is 20.3 Å². The van der Waals surface area contributed by atoms with E-state index < -0.39 is 27.9 Å². The monoisotopic (exact) mass is 476 g/mol. The molecule has 0 aromatic heterocycles. The van der Waals surface area contributed by atoms with Crippen molar-refractivity contribution < 1.29 is 27.1 Å². The number of fused-ring (bicyclic) bond motifs is 1. The number of unbranched alkanes of at least 4 members (excludes halogenated alkanes) is 2. The zero-order valence-electron chi connectivity index (χ0n) is 18.0. The average Bonchev–Trinajstić information content (AvgIpc) is 3.06. The lowest BCUT2D eigenvalue weighted by Gasteiger charge is -2.15. The fraction of sp³-hybridized carbons (Fsp3) is 0.318. The van der Waals surface area contributed by atoms with Crippen LogP contribution in [0.1, 0.15) is 38.2 Å². The van der Waals surface area contributed by atoms with Crippen molar-refractivity contribution >= 4 is 27.7 Å². The number of carbonyl (C=O) groups is 2. The number of ether oxygens (including phenoxy) is 1. The van der Waals surface area contributed by atoms with Crippen molar-refractivity contribution in [2.75, 3.05) is 6.54 Å². The molecular formula is C22H25FN4O5S. The van der Waals surface area contributed by atoms with E-state index in [0.29, 0.717) is 37.2 Å². The van der Waals surface area contributed by atoms with Gasteiger partial charge in [-0.25, -0.2) is 12.8 Å². The zero-order valence-corrected chi connectivity index (χ0v) is 18.8. The number of hydrazine groups is 1. The number of carbonyl (C=O) groups excluding carboxylic acids is 2. The van der Waals surface area contributed by atoms with E-state index >= 15 is 0 Å². The number of nitrogens with one attached hydrogen (secondary N) is 3. The minimum absolute atomic E-state index is 0.0519. The second kappa shape index (κ2) is 10.9. The molecule has 1 aliphatic rings. The Morgan fingerprint density at radius 3 is 2.58 bits per heavy atom. The van der Waals surface area contributed by atoms with Gasteiger partial charge in [-0.05, 0) is 44.0 Å². The molecular weight excluding hydrogens is 451 g/mol. The largest absolute Gasteiger partial charge is 0.478 e. The van der Waals surface area contributed by atoms with Crippen LogP contribution in [0.25, 0.3) is 0 Å². The molecule has 33 heavy (non-hydrogen) atoms. The van der Waals surface area contributed by atoms with Crippen LogP contribution >= 0.6 is 0 Å². The lowest BCUT2D eigenvalue weighted by atomic mass is 10.2. The van der Waals surface area contributed by atoms with E-state index in [1.165, 1.54) is 31.2 Å². The molecule has 0 aliphatic carbocycles. The number of hydrogen-bond acceptors (Lipinski definition) is 6. The summed E-state index contributed by atoms with van der Waals surface area (Å²) in [6.07, 6.45) is 1.12. The first-order chi connectivity index (χ1) is 15.8. The number of aliphatic imine (C=N–C) groups is 1. The summed E-state index contributed by atoms with van der Waals surface area (Å²) in [6, 6.07) is 12.4. The molecule has 1 aliphatic heterocycles. The molecule has 11 heteroatoms. The molecule has 0 spiro atoms. The average molecular weight is 477 g/mol. The van der Waals surface area contributed by atoms with Crippen molar-refractivity contribution in [3.05, 3.63) is 59.9 Å². The molecule has 0 bridgehead atoms. The molecule has 0 saturated carbocycles. The first kappa shape index (κ1) is 24.2. The quantitative estimate of drug-likeness (QED) is 0.377. The second-order valence-corrected chi connectivity index (χ2v) is 9.02. The molecule has 3 N–H and O–H groups in total. The van der Waals surface area contributed by atoms with E-state index in [4.69, 9.17) is 4.74 Å². The molecule has 9 nitrogen and oxygen atoms in total. The summed E-state index contributed by atoms with van der Waals surface area (Å²) in [4.78, 5) is 28.4. The molecule has 1 atom stereocenters. The summed E-state index contributed by atoms with van der Waals surface area (Å²) in [5, 5.41) is 0. The maximum atomic E-state index is 13.6. The normalized spacial score (nSPS) is 15.9. The molecule has 0 radical (unpaired) electrons. The zero-order chi connectivity index (χ0) is 23.8. The summed E-state index contributed by atoms with van der Waals surface area (Å²) >= 11 is 0. The van der Waals surface area contributed by atoms with Gasteiger partial charge in [-0.15, -0.1) is 0 Å². The number of benzene rings is 2. The van der Waals surface area contributed by atoms with Gasteiger partial charge in [0.15, 0.2) is 17.7 Å². The van der Waals surface area contributed by atoms with E-state index in [1.54, 1.807) is 24.3 Å². The first-order valence-corrected chi connectivity index (χ1v) is 11.9. The number of hydrogen-bond donors (Lipinski definition) is 3. The van der Waals surface area contributed by atoms with Gasteiger partial charge in [0.2, 0.25) is 5.91 Å². The third-order valence-corrected chi connectivity index (χ3v) is 6.23. The van der Waals surface area contributed by atoms with Crippen LogP contribution in [0.5, 0.6) is 5.75 Å². The Kier molecular flexibility index (Phi) is 7.99. The minimum atomic E-state index is -3.55. The molecule has 1 unspecified atom stereocenters. The van der Waals surface area contributed by atoms with Crippen molar-refractivity contribution in [2.45, 2.75) is 43.6 Å². The first-order valence-electron chi connectivity index (χ1n) is 10.4. The Labute approximate surface area is 191 Å². The van der Waals surface area contributed by atoms with Gasteiger partial charge in [0.05, 0.1) is 4.90 Å². The smallest absolute Gasteiger partial charge is 0.279 e. The predicted molar refractivity (Wildman–Crippen MR) is 119 cm³/mol. The molecule has 3 rings (SSSR count). The number of sulfonamides is 1. The van der Waals surface area contributed by atoms with Gasteiger partial charge in [0.1, 0.15) is 5.84 Å².